The molecule has 0 saturated heterocycles. The van der Waals surface area contributed by atoms with Gasteiger partial charge in [-0.05, 0) is 49.2 Å². The number of rotatable bonds is 4. The van der Waals surface area contributed by atoms with Gasteiger partial charge in [-0.25, -0.2) is 4.39 Å². The standard InChI is InChI=1S/C17H17FN2O/c1-11-6-7-13(10-19)8-16(11)21-17(12(2)20)14-4-3-5-15(18)9-14/h3-9,12,17H,20H2,1-2H3. The average molecular weight is 284 g/mol. The van der Waals surface area contributed by atoms with Crippen LogP contribution >= 0.6 is 0 Å². The van der Waals surface area contributed by atoms with Crippen LogP contribution in [-0.4, -0.2) is 6.04 Å². The Balaban J connectivity index is 2.35. The van der Waals surface area contributed by atoms with Crippen LogP contribution in [0.3, 0.4) is 0 Å². The minimum absolute atomic E-state index is 0.322. The summed E-state index contributed by atoms with van der Waals surface area (Å²) in [4.78, 5) is 0. The summed E-state index contributed by atoms with van der Waals surface area (Å²) in [5.41, 5.74) is 8.06. The van der Waals surface area contributed by atoms with E-state index < -0.39 is 6.10 Å². The SMILES string of the molecule is Cc1ccc(C#N)cc1OC(c1cccc(F)c1)C(C)N. The van der Waals surface area contributed by atoms with Crippen molar-refractivity contribution in [3.05, 3.63) is 65.0 Å². The molecule has 0 aliphatic heterocycles. The van der Waals surface area contributed by atoms with Gasteiger partial charge in [0.15, 0.2) is 0 Å². The van der Waals surface area contributed by atoms with Gasteiger partial charge in [0.2, 0.25) is 0 Å². The number of nitriles is 1. The summed E-state index contributed by atoms with van der Waals surface area (Å²) in [7, 11) is 0. The molecule has 108 valence electrons. The molecule has 3 nitrogen and oxygen atoms in total. The van der Waals surface area contributed by atoms with Crippen LogP contribution in [0.15, 0.2) is 42.5 Å². The first-order valence-electron chi connectivity index (χ1n) is 6.69. The maximum Gasteiger partial charge on any atom is 0.139 e. The predicted octanol–water partition coefficient (Wildman–Crippen LogP) is 3.47. The van der Waals surface area contributed by atoms with Gasteiger partial charge in [0.25, 0.3) is 0 Å². The molecule has 0 saturated carbocycles. The van der Waals surface area contributed by atoms with Crippen molar-refractivity contribution in [2.45, 2.75) is 26.0 Å². The van der Waals surface area contributed by atoms with E-state index in [1.165, 1.54) is 12.1 Å². The maximum atomic E-state index is 13.4. The van der Waals surface area contributed by atoms with Gasteiger partial charge in [-0.15, -0.1) is 0 Å². The highest BCUT2D eigenvalue weighted by Gasteiger charge is 2.19. The molecular weight excluding hydrogens is 267 g/mol. The van der Waals surface area contributed by atoms with Crippen molar-refractivity contribution in [2.24, 2.45) is 5.73 Å². The molecule has 0 amide bonds. The number of halogens is 1. The second-order valence-corrected chi connectivity index (χ2v) is 5.04. The van der Waals surface area contributed by atoms with E-state index in [0.29, 0.717) is 16.9 Å². The summed E-state index contributed by atoms with van der Waals surface area (Å²) < 4.78 is 19.3. The Morgan fingerprint density at radius 2 is 2.00 bits per heavy atom. The number of nitrogens with zero attached hydrogens (tertiary/aromatic N) is 1. The summed E-state index contributed by atoms with van der Waals surface area (Å²) >= 11 is 0. The van der Waals surface area contributed by atoms with E-state index in [4.69, 9.17) is 15.7 Å². The van der Waals surface area contributed by atoms with Crippen molar-refractivity contribution in [1.82, 2.24) is 0 Å². The fourth-order valence-corrected chi connectivity index (χ4v) is 2.10. The zero-order chi connectivity index (χ0) is 15.4. The van der Waals surface area contributed by atoms with E-state index in [9.17, 15) is 4.39 Å². The Morgan fingerprint density at radius 3 is 2.62 bits per heavy atom. The Bertz CT molecular complexity index is 677. The number of hydrogen-bond acceptors (Lipinski definition) is 3. The Morgan fingerprint density at radius 1 is 1.24 bits per heavy atom. The highest BCUT2D eigenvalue weighted by Crippen LogP contribution is 2.28. The van der Waals surface area contributed by atoms with Crippen molar-refractivity contribution in [1.29, 1.82) is 5.26 Å². The quantitative estimate of drug-likeness (QED) is 0.935. The van der Waals surface area contributed by atoms with Crippen LogP contribution in [0.4, 0.5) is 4.39 Å². The van der Waals surface area contributed by atoms with Gasteiger partial charge < -0.3 is 10.5 Å². The second kappa shape index (κ2) is 6.38. The lowest BCUT2D eigenvalue weighted by Gasteiger charge is -2.24. The van der Waals surface area contributed by atoms with Crippen LogP contribution in [0.5, 0.6) is 5.75 Å². The molecule has 2 rings (SSSR count). The smallest absolute Gasteiger partial charge is 0.139 e. The second-order valence-electron chi connectivity index (χ2n) is 5.04. The fourth-order valence-electron chi connectivity index (χ4n) is 2.10. The van der Waals surface area contributed by atoms with Crippen LogP contribution in [0.1, 0.15) is 29.7 Å². The monoisotopic (exact) mass is 284 g/mol. The van der Waals surface area contributed by atoms with E-state index in [-0.39, 0.29) is 11.9 Å². The molecule has 0 spiro atoms. The molecule has 4 heteroatoms. The van der Waals surface area contributed by atoms with Crippen molar-refractivity contribution in [2.75, 3.05) is 0 Å². The third kappa shape index (κ3) is 3.59. The summed E-state index contributed by atoms with van der Waals surface area (Å²) in [6.07, 6.45) is -0.478. The molecule has 2 N–H and O–H groups in total. The van der Waals surface area contributed by atoms with Crippen molar-refractivity contribution in [3.63, 3.8) is 0 Å². The van der Waals surface area contributed by atoms with Crippen molar-refractivity contribution < 1.29 is 9.13 Å². The topological polar surface area (TPSA) is 59.0 Å². The molecule has 0 aliphatic rings. The minimum Gasteiger partial charge on any atom is -0.484 e. The van der Waals surface area contributed by atoms with E-state index >= 15 is 0 Å². The van der Waals surface area contributed by atoms with E-state index in [2.05, 4.69) is 6.07 Å². The summed E-state index contributed by atoms with van der Waals surface area (Å²) in [6, 6.07) is 13.2. The molecule has 2 atom stereocenters. The Hall–Kier alpha value is -2.38. The highest BCUT2D eigenvalue weighted by molar-refractivity contribution is 5.42. The van der Waals surface area contributed by atoms with Gasteiger partial charge in [0, 0.05) is 6.04 Å². The predicted molar refractivity (Wildman–Crippen MR) is 79.3 cm³/mol. The molecule has 2 unspecified atom stereocenters. The first kappa shape index (κ1) is 15.0. The minimum atomic E-state index is -0.478. The van der Waals surface area contributed by atoms with Crippen molar-refractivity contribution in [3.8, 4) is 11.8 Å². The molecule has 0 fully saturated rings. The van der Waals surface area contributed by atoms with Gasteiger partial charge >= 0.3 is 0 Å². The third-order valence-electron chi connectivity index (χ3n) is 3.23. The van der Waals surface area contributed by atoms with E-state index in [1.54, 1.807) is 31.2 Å². The van der Waals surface area contributed by atoms with Crippen LogP contribution in [0, 0.1) is 24.1 Å². The number of aryl methyl sites for hydroxylation is 1. The third-order valence-corrected chi connectivity index (χ3v) is 3.23. The first-order chi connectivity index (χ1) is 10.0. The summed E-state index contributed by atoms with van der Waals surface area (Å²) in [5.74, 6) is 0.254. The molecule has 21 heavy (non-hydrogen) atoms. The molecule has 2 aromatic rings. The average Bonchev–Trinajstić information content (AvgIpc) is 2.46. The highest BCUT2D eigenvalue weighted by atomic mass is 19.1. The Kier molecular flexibility index (Phi) is 4.56. The lowest BCUT2D eigenvalue weighted by Crippen LogP contribution is -2.29. The van der Waals surface area contributed by atoms with Crippen LogP contribution in [0.25, 0.3) is 0 Å². The summed E-state index contributed by atoms with van der Waals surface area (Å²) in [5, 5.41) is 8.97. The van der Waals surface area contributed by atoms with Gasteiger partial charge in [-0.2, -0.15) is 5.26 Å². The molecule has 0 bridgehead atoms. The lowest BCUT2D eigenvalue weighted by molar-refractivity contribution is 0.179. The van der Waals surface area contributed by atoms with E-state index in [1.807, 2.05) is 13.0 Å². The van der Waals surface area contributed by atoms with Crippen molar-refractivity contribution >= 4 is 0 Å². The summed E-state index contributed by atoms with van der Waals surface area (Å²) in [6.45, 7) is 3.69. The fraction of sp³-hybridized carbons (Fsp3) is 0.235. The zero-order valence-electron chi connectivity index (χ0n) is 12.0. The van der Waals surface area contributed by atoms with Gasteiger partial charge in [0.1, 0.15) is 17.7 Å². The van der Waals surface area contributed by atoms with Crippen LogP contribution < -0.4 is 10.5 Å². The number of benzene rings is 2. The molecule has 0 aromatic heterocycles. The molecular formula is C17H17FN2O. The van der Waals surface area contributed by atoms with Gasteiger partial charge in [-0.1, -0.05) is 18.2 Å². The molecule has 0 heterocycles. The maximum absolute atomic E-state index is 13.4. The molecule has 0 aliphatic carbocycles. The Labute approximate surface area is 123 Å². The van der Waals surface area contributed by atoms with E-state index in [0.717, 1.165) is 5.56 Å². The number of ether oxygens (including phenoxy) is 1. The van der Waals surface area contributed by atoms with Crippen LogP contribution in [-0.2, 0) is 0 Å². The van der Waals surface area contributed by atoms with Gasteiger partial charge in [0.05, 0.1) is 11.6 Å². The molecule has 0 radical (unpaired) electrons. The first-order valence-corrected chi connectivity index (χ1v) is 6.69. The molecule has 2 aromatic carbocycles. The zero-order valence-corrected chi connectivity index (χ0v) is 12.0. The largest absolute Gasteiger partial charge is 0.484 e. The van der Waals surface area contributed by atoms with Gasteiger partial charge in [-0.3, -0.25) is 0 Å². The van der Waals surface area contributed by atoms with Crippen LogP contribution in [0.2, 0.25) is 0 Å². The number of nitrogens with two attached hydrogens (primary N) is 1. The number of hydrogen-bond donors (Lipinski definition) is 1. The lowest BCUT2D eigenvalue weighted by atomic mass is 10.0. The normalized spacial score (nSPS) is 13.3.